The van der Waals surface area contributed by atoms with Crippen LogP contribution in [0.25, 0.3) is 0 Å². The van der Waals surface area contributed by atoms with Gasteiger partial charge >= 0.3 is 0 Å². The highest BCUT2D eigenvalue weighted by Crippen LogP contribution is 2.27. The van der Waals surface area contributed by atoms with Crippen molar-refractivity contribution in [1.29, 1.82) is 0 Å². The maximum absolute atomic E-state index is 13.2. The average molecular weight is 396 g/mol. The maximum Gasteiger partial charge on any atom is 0.289 e. The fraction of sp³-hybridized carbons (Fsp3) is 0.455. The Hall–Kier alpha value is -2.96. The number of hydrogen-bond donors (Lipinski definition) is 1. The van der Waals surface area contributed by atoms with Crippen molar-refractivity contribution in [3.8, 4) is 0 Å². The van der Waals surface area contributed by atoms with Crippen LogP contribution in [0, 0.1) is 0 Å². The minimum absolute atomic E-state index is 0.0553. The zero-order valence-corrected chi connectivity index (χ0v) is 16.7. The lowest BCUT2D eigenvalue weighted by Gasteiger charge is -2.30. The first-order valence-corrected chi connectivity index (χ1v) is 10.4. The van der Waals surface area contributed by atoms with E-state index in [9.17, 15) is 9.59 Å². The zero-order valence-electron chi connectivity index (χ0n) is 16.7. The molecule has 3 heterocycles. The number of furan rings is 1. The summed E-state index contributed by atoms with van der Waals surface area (Å²) < 4.78 is 5.26. The first kappa shape index (κ1) is 19.4. The summed E-state index contributed by atoms with van der Waals surface area (Å²) in [6.45, 7) is 4.31. The van der Waals surface area contributed by atoms with Gasteiger partial charge in [0.25, 0.3) is 11.8 Å². The van der Waals surface area contributed by atoms with Gasteiger partial charge in [0.1, 0.15) is 0 Å². The van der Waals surface area contributed by atoms with Crippen LogP contribution in [0.15, 0.2) is 41.0 Å². The predicted octanol–water partition coefficient (Wildman–Crippen LogP) is 2.84. The summed E-state index contributed by atoms with van der Waals surface area (Å²) in [5.74, 6) is 0.338. The van der Waals surface area contributed by atoms with Crippen LogP contribution in [0.2, 0.25) is 0 Å². The van der Waals surface area contributed by atoms with E-state index in [1.54, 1.807) is 18.2 Å². The van der Waals surface area contributed by atoms with E-state index in [1.807, 2.05) is 21.9 Å². The van der Waals surface area contributed by atoms with E-state index >= 15 is 0 Å². The number of carbonyl (C=O) groups is 2. The highest BCUT2D eigenvalue weighted by molar-refractivity contribution is 6.01. The number of likely N-dealkylation sites (tertiary alicyclic amines) is 1. The molecule has 0 spiro atoms. The molecule has 0 aliphatic carbocycles. The van der Waals surface area contributed by atoms with Crippen LogP contribution >= 0.6 is 0 Å². The first-order chi connectivity index (χ1) is 14.1. The van der Waals surface area contributed by atoms with E-state index in [4.69, 9.17) is 10.2 Å². The molecular formula is C22H28N4O3. The fourth-order valence-electron chi connectivity index (χ4n) is 4.19. The number of amides is 2. The quantitative estimate of drug-likeness (QED) is 0.807. The zero-order chi connectivity index (χ0) is 20.2. The number of carbonyl (C=O) groups excluding carboxylic acids is 2. The van der Waals surface area contributed by atoms with Crippen molar-refractivity contribution in [2.24, 2.45) is 0 Å². The normalized spacial score (nSPS) is 17.9. The molecule has 7 heteroatoms. The van der Waals surface area contributed by atoms with E-state index in [0.29, 0.717) is 36.6 Å². The van der Waals surface area contributed by atoms with Crippen molar-refractivity contribution in [3.05, 3.63) is 47.9 Å². The average Bonchev–Trinajstić information content (AvgIpc) is 3.18. The van der Waals surface area contributed by atoms with Gasteiger partial charge in [0, 0.05) is 50.6 Å². The molecule has 2 aliphatic rings. The molecular weight excluding hydrogens is 368 g/mol. The van der Waals surface area contributed by atoms with Crippen LogP contribution in [0.4, 0.5) is 11.4 Å². The Labute approximate surface area is 171 Å². The summed E-state index contributed by atoms with van der Waals surface area (Å²) >= 11 is 0. The van der Waals surface area contributed by atoms with Crippen molar-refractivity contribution < 1.29 is 14.0 Å². The number of anilines is 2. The van der Waals surface area contributed by atoms with Gasteiger partial charge in [0.2, 0.25) is 0 Å². The van der Waals surface area contributed by atoms with Gasteiger partial charge in [-0.05, 0) is 56.0 Å². The molecule has 29 heavy (non-hydrogen) atoms. The maximum atomic E-state index is 13.2. The van der Waals surface area contributed by atoms with Crippen LogP contribution in [-0.4, -0.2) is 60.9 Å². The molecule has 2 aliphatic heterocycles. The number of hydrogen-bond acceptors (Lipinski definition) is 5. The second kappa shape index (κ2) is 8.59. The molecule has 0 bridgehead atoms. The van der Waals surface area contributed by atoms with Crippen LogP contribution < -0.4 is 10.6 Å². The Kier molecular flexibility index (Phi) is 5.74. The van der Waals surface area contributed by atoms with Gasteiger partial charge in [0.05, 0.1) is 11.8 Å². The number of piperidine rings is 1. The van der Waals surface area contributed by atoms with Gasteiger partial charge in [-0.3, -0.25) is 9.59 Å². The Morgan fingerprint density at radius 2 is 1.59 bits per heavy atom. The number of benzene rings is 1. The predicted molar refractivity (Wildman–Crippen MR) is 112 cm³/mol. The molecule has 1 aromatic carbocycles. The minimum Gasteiger partial charge on any atom is -0.459 e. The molecule has 0 saturated carbocycles. The lowest BCUT2D eigenvalue weighted by atomic mass is 10.1. The highest BCUT2D eigenvalue weighted by atomic mass is 16.3. The molecule has 2 amide bonds. The van der Waals surface area contributed by atoms with Crippen molar-refractivity contribution in [2.45, 2.75) is 25.7 Å². The van der Waals surface area contributed by atoms with Gasteiger partial charge in [0.15, 0.2) is 5.76 Å². The summed E-state index contributed by atoms with van der Waals surface area (Å²) in [4.78, 5) is 31.8. The number of nitrogens with zero attached hydrogens (tertiary/aromatic N) is 3. The largest absolute Gasteiger partial charge is 0.459 e. The van der Waals surface area contributed by atoms with Gasteiger partial charge in [-0.25, -0.2) is 0 Å². The lowest BCUT2D eigenvalue weighted by Crippen LogP contribution is -2.38. The Morgan fingerprint density at radius 1 is 0.828 bits per heavy atom. The van der Waals surface area contributed by atoms with Crippen molar-refractivity contribution in [2.75, 3.05) is 49.9 Å². The smallest absolute Gasteiger partial charge is 0.289 e. The van der Waals surface area contributed by atoms with Gasteiger partial charge in [-0.1, -0.05) is 0 Å². The summed E-state index contributed by atoms with van der Waals surface area (Å²) in [7, 11) is 0. The number of nitrogen functional groups attached to an aromatic ring is 1. The second-order valence-corrected chi connectivity index (χ2v) is 7.74. The van der Waals surface area contributed by atoms with Crippen LogP contribution in [0.1, 0.15) is 46.6 Å². The van der Waals surface area contributed by atoms with Crippen molar-refractivity contribution >= 4 is 23.2 Å². The first-order valence-electron chi connectivity index (χ1n) is 10.4. The minimum atomic E-state index is -0.0845. The van der Waals surface area contributed by atoms with Crippen LogP contribution in [0.3, 0.4) is 0 Å². The van der Waals surface area contributed by atoms with E-state index in [2.05, 4.69) is 4.90 Å². The Bertz CT molecular complexity index is 859. The summed E-state index contributed by atoms with van der Waals surface area (Å²) in [5.41, 5.74) is 8.18. The van der Waals surface area contributed by atoms with Crippen molar-refractivity contribution in [3.63, 3.8) is 0 Å². The van der Waals surface area contributed by atoms with E-state index in [-0.39, 0.29) is 11.8 Å². The molecule has 2 fully saturated rings. The van der Waals surface area contributed by atoms with Gasteiger partial charge < -0.3 is 24.9 Å². The van der Waals surface area contributed by atoms with E-state index < -0.39 is 0 Å². The fourth-order valence-corrected chi connectivity index (χ4v) is 4.19. The SMILES string of the molecule is Nc1ccc(N2CCCN(C(=O)c3ccco3)CC2)c(C(=O)N2CCCCC2)c1. The molecule has 4 rings (SSSR count). The third kappa shape index (κ3) is 4.23. The topological polar surface area (TPSA) is 83.0 Å². The summed E-state index contributed by atoms with van der Waals surface area (Å²) in [6, 6.07) is 9.00. The lowest BCUT2D eigenvalue weighted by molar-refractivity contribution is 0.0720. The van der Waals surface area contributed by atoms with Crippen LogP contribution in [-0.2, 0) is 0 Å². The molecule has 1 aromatic heterocycles. The Morgan fingerprint density at radius 3 is 2.34 bits per heavy atom. The molecule has 0 atom stereocenters. The number of rotatable bonds is 3. The second-order valence-electron chi connectivity index (χ2n) is 7.74. The monoisotopic (exact) mass is 396 g/mol. The molecule has 154 valence electrons. The molecule has 0 unspecified atom stereocenters. The molecule has 0 radical (unpaired) electrons. The van der Waals surface area contributed by atoms with E-state index in [1.165, 1.54) is 12.7 Å². The molecule has 2 N–H and O–H groups in total. The summed E-state index contributed by atoms with van der Waals surface area (Å²) in [6.07, 6.45) is 5.63. The molecule has 2 saturated heterocycles. The Balaban J connectivity index is 1.52. The van der Waals surface area contributed by atoms with E-state index in [0.717, 1.165) is 44.6 Å². The molecule has 2 aromatic rings. The summed E-state index contributed by atoms with van der Waals surface area (Å²) in [5, 5.41) is 0. The number of nitrogens with two attached hydrogens (primary N) is 1. The standard InChI is InChI=1S/C22H28N4O3/c23-17-7-8-19(18(16-17)21(27)25-9-2-1-3-10-25)24-11-5-12-26(14-13-24)22(28)20-6-4-15-29-20/h4,6-8,15-16H,1-3,5,9-14,23H2. The third-order valence-corrected chi connectivity index (χ3v) is 5.75. The van der Waals surface area contributed by atoms with Crippen molar-refractivity contribution in [1.82, 2.24) is 9.80 Å². The highest BCUT2D eigenvalue weighted by Gasteiger charge is 2.26. The van der Waals surface area contributed by atoms with Gasteiger partial charge in [-0.15, -0.1) is 0 Å². The van der Waals surface area contributed by atoms with Gasteiger partial charge in [-0.2, -0.15) is 0 Å². The third-order valence-electron chi connectivity index (χ3n) is 5.75. The molecule has 7 nitrogen and oxygen atoms in total. The van der Waals surface area contributed by atoms with Crippen LogP contribution in [0.5, 0.6) is 0 Å².